The topological polar surface area (TPSA) is 98.5 Å². The Balaban J connectivity index is 2.97. The van der Waals surface area contributed by atoms with Gasteiger partial charge in [-0.25, -0.2) is 4.79 Å². The van der Waals surface area contributed by atoms with Gasteiger partial charge in [0.1, 0.15) is 5.70 Å². The van der Waals surface area contributed by atoms with Crippen LogP contribution in [-0.2, 0) is 14.3 Å². The van der Waals surface area contributed by atoms with Crippen LogP contribution < -0.4 is 5.32 Å². The number of esters is 1. The summed E-state index contributed by atoms with van der Waals surface area (Å²) in [7, 11) is 0. The quantitative estimate of drug-likeness (QED) is 0.274. The molecule has 0 saturated heterocycles. The number of nitrogens with one attached hydrogen (secondary N) is 1. The van der Waals surface area contributed by atoms with Crippen molar-refractivity contribution in [1.29, 1.82) is 0 Å². The lowest BCUT2D eigenvalue weighted by molar-refractivity contribution is -0.384. The zero-order valence-electron chi connectivity index (χ0n) is 10.2. The molecule has 0 aliphatic heterocycles. The van der Waals surface area contributed by atoms with Crippen LogP contribution in [0.4, 0.5) is 5.69 Å². The SMILES string of the molecule is CCOC(=O)C(=Cc1ccc([N+](=O)[O-])cc1)NC=O. The molecule has 0 bridgehead atoms. The number of hydrogen-bond acceptors (Lipinski definition) is 5. The molecule has 1 aromatic carbocycles. The summed E-state index contributed by atoms with van der Waals surface area (Å²) in [6.45, 7) is 1.82. The molecule has 0 aromatic heterocycles. The van der Waals surface area contributed by atoms with Gasteiger partial charge in [0.15, 0.2) is 0 Å². The van der Waals surface area contributed by atoms with Crippen molar-refractivity contribution in [1.82, 2.24) is 5.32 Å². The third-order valence-electron chi connectivity index (χ3n) is 2.12. The van der Waals surface area contributed by atoms with E-state index in [1.165, 1.54) is 30.3 Å². The lowest BCUT2D eigenvalue weighted by Crippen LogP contribution is -2.20. The third kappa shape index (κ3) is 4.23. The van der Waals surface area contributed by atoms with Crippen molar-refractivity contribution in [2.45, 2.75) is 6.92 Å². The number of nitro benzene ring substituents is 1. The van der Waals surface area contributed by atoms with Gasteiger partial charge in [0, 0.05) is 12.1 Å². The predicted molar refractivity (Wildman–Crippen MR) is 66.9 cm³/mol. The van der Waals surface area contributed by atoms with Gasteiger partial charge >= 0.3 is 5.97 Å². The van der Waals surface area contributed by atoms with Crippen LogP contribution in [0.3, 0.4) is 0 Å². The number of rotatable bonds is 6. The van der Waals surface area contributed by atoms with Crippen molar-refractivity contribution in [3.63, 3.8) is 0 Å². The first-order chi connectivity index (χ1) is 9.08. The van der Waals surface area contributed by atoms with Crippen molar-refractivity contribution >= 4 is 24.1 Å². The Hall–Kier alpha value is -2.70. The number of carbonyl (C=O) groups excluding carboxylic acids is 2. The van der Waals surface area contributed by atoms with Crippen LogP contribution in [0.25, 0.3) is 6.08 Å². The highest BCUT2D eigenvalue weighted by molar-refractivity contribution is 5.95. The van der Waals surface area contributed by atoms with Crippen molar-refractivity contribution in [2.24, 2.45) is 0 Å². The largest absolute Gasteiger partial charge is 0.461 e. The van der Waals surface area contributed by atoms with E-state index < -0.39 is 10.9 Å². The Morgan fingerprint density at radius 2 is 2.05 bits per heavy atom. The maximum absolute atomic E-state index is 11.5. The summed E-state index contributed by atoms with van der Waals surface area (Å²) < 4.78 is 4.75. The molecule has 7 heteroatoms. The van der Waals surface area contributed by atoms with Crippen LogP contribution >= 0.6 is 0 Å². The van der Waals surface area contributed by atoms with Gasteiger partial charge in [-0.1, -0.05) is 0 Å². The summed E-state index contributed by atoms with van der Waals surface area (Å²) in [6.07, 6.45) is 1.73. The van der Waals surface area contributed by atoms with Gasteiger partial charge in [-0.05, 0) is 30.7 Å². The second-order valence-electron chi connectivity index (χ2n) is 3.39. The van der Waals surface area contributed by atoms with Crippen LogP contribution in [0.15, 0.2) is 30.0 Å². The number of benzene rings is 1. The van der Waals surface area contributed by atoms with E-state index in [1.807, 2.05) is 0 Å². The second kappa shape index (κ2) is 6.90. The molecule has 19 heavy (non-hydrogen) atoms. The number of carbonyl (C=O) groups is 2. The van der Waals surface area contributed by atoms with E-state index in [-0.39, 0.29) is 18.0 Å². The van der Waals surface area contributed by atoms with E-state index in [0.29, 0.717) is 12.0 Å². The minimum absolute atomic E-state index is 0.0364. The molecule has 0 saturated carbocycles. The van der Waals surface area contributed by atoms with Crippen LogP contribution in [0, 0.1) is 10.1 Å². The van der Waals surface area contributed by atoms with Crippen molar-refractivity contribution in [2.75, 3.05) is 6.61 Å². The van der Waals surface area contributed by atoms with E-state index in [2.05, 4.69) is 5.32 Å². The fraction of sp³-hybridized carbons (Fsp3) is 0.167. The molecule has 100 valence electrons. The second-order valence-corrected chi connectivity index (χ2v) is 3.39. The fourth-order valence-electron chi connectivity index (χ4n) is 1.29. The van der Waals surface area contributed by atoms with E-state index in [9.17, 15) is 19.7 Å². The van der Waals surface area contributed by atoms with Gasteiger partial charge in [-0.2, -0.15) is 0 Å². The van der Waals surface area contributed by atoms with Gasteiger partial charge in [0.05, 0.1) is 11.5 Å². The van der Waals surface area contributed by atoms with Crippen LogP contribution in [0.5, 0.6) is 0 Å². The molecular weight excluding hydrogens is 252 g/mol. The summed E-state index contributed by atoms with van der Waals surface area (Å²) in [5.74, 6) is -0.673. The Kier molecular flexibility index (Phi) is 5.21. The monoisotopic (exact) mass is 264 g/mol. The van der Waals surface area contributed by atoms with Crippen LogP contribution in [-0.4, -0.2) is 23.9 Å². The summed E-state index contributed by atoms with van der Waals surface area (Å²) >= 11 is 0. The first-order valence-electron chi connectivity index (χ1n) is 5.42. The summed E-state index contributed by atoms with van der Waals surface area (Å²) in [4.78, 5) is 31.9. The first kappa shape index (κ1) is 14.4. The molecule has 1 rings (SSSR count). The predicted octanol–water partition coefficient (Wildman–Crippen LogP) is 1.24. The maximum Gasteiger partial charge on any atom is 0.354 e. The van der Waals surface area contributed by atoms with E-state index >= 15 is 0 Å². The maximum atomic E-state index is 11.5. The Labute approximate surface area is 109 Å². The van der Waals surface area contributed by atoms with Gasteiger partial charge in [-0.15, -0.1) is 0 Å². The number of non-ortho nitro benzene ring substituents is 1. The van der Waals surface area contributed by atoms with E-state index in [0.717, 1.165) is 0 Å². The molecule has 0 spiro atoms. The zero-order valence-corrected chi connectivity index (χ0v) is 10.2. The Bertz CT molecular complexity index is 507. The molecule has 0 fully saturated rings. The molecule has 1 amide bonds. The summed E-state index contributed by atoms with van der Waals surface area (Å²) in [5.41, 5.74) is 0.437. The smallest absolute Gasteiger partial charge is 0.354 e. The summed E-state index contributed by atoms with van der Waals surface area (Å²) in [5, 5.41) is 12.7. The van der Waals surface area contributed by atoms with Crippen LogP contribution in [0.2, 0.25) is 0 Å². The number of nitrogens with zero attached hydrogens (tertiary/aromatic N) is 1. The minimum atomic E-state index is -0.673. The van der Waals surface area contributed by atoms with Gasteiger partial charge in [0.2, 0.25) is 6.41 Å². The minimum Gasteiger partial charge on any atom is -0.461 e. The van der Waals surface area contributed by atoms with Crippen LogP contribution in [0.1, 0.15) is 12.5 Å². The molecule has 7 nitrogen and oxygen atoms in total. The zero-order chi connectivity index (χ0) is 14.3. The van der Waals surface area contributed by atoms with Gasteiger partial charge in [-0.3, -0.25) is 14.9 Å². The Morgan fingerprint density at radius 3 is 2.53 bits per heavy atom. The summed E-state index contributed by atoms with van der Waals surface area (Å²) in [6, 6.07) is 5.53. The molecule has 1 N–H and O–H groups in total. The normalized spacial score (nSPS) is 10.7. The van der Waals surface area contributed by atoms with Gasteiger partial charge in [0.25, 0.3) is 5.69 Å². The molecule has 0 aliphatic rings. The number of amides is 1. The van der Waals surface area contributed by atoms with Crippen molar-refractivity contribution in [3.05, 3.63) is 45.6 Å². The number of hydrogen-bond donors (Lipinski definition) is 1. The molecule has 1 aromatic rings. The molecule has 0 aliphatic carbocycles. The number of ether oxygens (including phenoxy) is 1. The van der Waals surface area contributed by atoms with Crippen molar-refractivity contribution in [3.8, 4) is 0 Å². The average Bonchev–Trinajstić information content (AvgIpc) is 2.39. The molecule has 0 unspecified atom stereocenters. The lowest BCUT2D eigenvalue weighted by Gasteiger charge is -2.05. The molecule has 0 radical (unpaired) electrons. The molecule has 0 atom stereocenters. The molecule has 0 heterocycles. The Morgan fingerprint density at radius 1 is 1.42 bits per heavy atom. The van der Waals surface area contributed by atoms with E-state index in [4.69, 9.17) is 4.74 Å². The highest BCUT2D eigenvalue weighted by atomic mass is 16.6. The third-order valence-corrected chi connectivity index (χ3v) is 2.12. The van der Waals surface area contributed by atoms with Gasteiger partial charge < -0.3 is 10.1 Å². The average molecular weight is 264 g/mol. The highest BCUT2D eigenvalue weighted by Crippen LogP contribution is 2.14. The van der Waals surface area contributed by atoms with E-state index in [1.54, 1.807) is 6.92 Å². The van der Waals surface area contributed by atoms with Crippen molar-refractivity contribution < 1.29 is 19.2 Å². The molecular formula is C12H12N2O5. The standard InChI is InChI=1S/C12H12N2O5/c1-2-19-12(16)11(13-8-15)7-9-3-5-10(6-4-9)14(17)18/h3-8H,2H2,1H3,(H,13,15). The first-order valence-corrected chi connectivity index (χ1v) is 5.42. The number of nitro groups is 1. The fourth-order valence-corrected chi connectivity index (χ4v) is 1.29. The lowest BCUT2D eigenvalue weighted by atomic mass is 10.2. The highest BCUT2D eigenvalue weighted by Gasteiger charge is 2.10.